The normalized spacial score (nSPS) is 17.0. The van der Waals surface area contributed by atoms with E-state index in [9.17, 15) is 12.8 Å². The van der Waals surface area contributed by atoms with Crippen LogP contribution < -0.4 is 0 Å². The van der Waals surface area contributed by atoms with Crippen molar-refractivity contribution in [1.82, 2.24) is 19.3 Å². The van der Waals surface area contributed by atoms with Gasteiger partial charge in [-0.1, -0.05) is 35.5 Å². The predicted octanol–water partition coefficient (Wildman–Crippen LogP) is 3.39. The fourth-order valence-electron chi connectivity index (χ4n) is 3.71. The third-order valence-corrected chi connectivity index (χ3v) is 7.47. The fraction of sp³-hybridized carbons (Fsp3) is 0.364. The highest BCUT2D eigenvalue weighted by Crippen LogP contribution is 2.25. The van der Waals surface area contributed by atoms with Crippen molar-refractivity contribution in [3.8, 4) is 11.4 Å². The average Bonchev–Trinajstić information content (AvgIpc) is 3.26. The van der Waals surface area contributed by atoms with Crippen LogP contribution in [-0.2, 0) is 15.8 Å². The summed E-state index contributed by atoms with van der Waals surface area (Å²) in [7, 11) is -3.37. The summed E-state index contributed by atoms with van der Waals surface area (Å²) < 4.78 is 46.0. The molecular formula is C22H25FN4O3S. The van der Waals surface area contributed by atoms with Gasteiger partial charge in [0.2, 0.25) is 21.7 Å². The predicted molar refractivity (Wildman–Crippen MR) is 115 cm³/mol. The van der Waals surface area contributed by atoms with Gasteiger partial charge in [-0.05, 0) is 43.2 Å². The Kier molecular flexibility index (Phi) is 6.17. The molecule has 0 amide bonds. The van der Waals surface area contributed by atoms with Gasteiger partial charge >= 0.3 is 0 Å². The third kappa shape index (κ3) is 4.84. The zero-order valence-corrected chi connectivity index (χ0v) is 18.3. The molecule has 2 heterocycles. The summed E-state index contributed by atoms with van der Waals surface area (Å²) in [6, 6.07) is 13.8. The summed E-state index contributed by atoms with van der Waals surface area (Å²) in [5.41, 5.74) is 2.00. The molecule has 1 aromatic heterocycles. The van der Waals surface area contributed by atoms with Crippen molar-refractivity contribution in [3.05, 3.63) is 71.4 Å². The van der Waals surface area contributed by atoms with Crippen LogP contribution in [0.3, 0.4) is 0 Å². The van der Waals surface area contributed by atoms with E-state index >= 15 is 0 Å². The number of sulfonamides is 1. The molecule has 0 bridgehead atoms. The van der Waals surface area contributed by atoms with Crippen LogP contribution in [0.2, 0.25) is 0 Å². The molecule has 1 fully saturated rings. The Balaban J connectivity index is 1.39. The minimum absolute atomic E-state index is 0.00744. The summed E-state index contributed by atoms with van der Waals surface area (Å²) in [4.78, 5) is 6.60. The van der Waals surface area contributed by atoms with Crippen molar-refractivity contribution < 1.29 is 17.3 Å². The highest BCUT2D eigenvalue weighted by Gasteiger charge is 2.31. The lowest BCUT2D eigenvalue weighted by molar-refractivity contribution is 0.124. The smallest absolute Gasteiger partial charge is 0.244 e. The number of nitrogens with zero attached hydrogens (tertiary/aromatic N) is 4. The van der Waals surface area contributed by atoms with E-state index in [4.69, 9.17) is 4.52 Å². The topological polar surface area (TPSA) is 79.5 Å². The average molecular weight is 445 g/mol. The number of halogens is 1. The number of aryl methyl sites for hydroxylation is 1. The molecule has 1 aliphatic rings. The van der Waals surface area contributed by atoms with Gasteiger partial charge in [0.05, 0.1) is 11.8 Å². The maximum Gasteiger partial charge on any atom is 0.244 e. The SMILES string of the molecule is Cc1cc(-c2noc(C(C)N3CCN(S(=O)(=O)Cc4ccccc4)CC3)n2)ccc1F. The van der Waals surface area contributed by atoms with E-state index in [0.717, 1.165) is 5.56 Å². The van der Waals surface area contributed by atoms with Gasteiger partial charge in [-0.25, -0.2) is 12.8 Å². The number of hydrogen-bond acceptors (Lipinski definition) is 6. The minimum atomic E-state index is -3.37. The van der Waals surface area contributed by atoms with E-state index in [2.05, 4.69) is 15.0 Å². The summed E-state index contributed by atoms with van der Waals surface area (Å²) in [5, 5.41) is 4.03. The standard InChI is InChI=1S/C22H25FN4O3S/c1-16-14-19(8-9-20(16)23)21-24-22(30-25-21)17(2)26-10-12-27(13-11-26)31(28,29)15-18-6-4-3-5-7-18/h3-9,14,17H,10-13,15H2,1-2H3. The highest BCUT2D eigenvalue weighted by atomic mass is 32.2. The first kappa shape index (κ1) is 21.6. The van der Waals surface area contributed by atoms with E-state index in [-0.39, 0.29) is 17.6 Å². The molecule has 1 saturated heterocycles. The van der Waals surface area contributed by atoms with Gasteiger partial charge in [-0.2, -0.15) is 9.29 Å². The van der Waals surface area contributed by atoms with Gasteiger partial charge in [-0.15, -0.1) is 0 Å². The Morgan fingerprint density at radius 3 is 2.48 bits per heavy atom. The second kappa shape index (κ2) is 8.86. The molecule has 0 spiro atoms. The van der Waals surface area contributed by atoms with Crippen LogP contribution in [0.25, 0.3) is 11.4 Å². The van der Waals surface area contributed by atoms with Crippen molar-refractivity contribution in [2.45, 2.75) is 25.6 Å². The molecule has 1 atom stereocenters. The second-order valence-electron chi connectivity index (χ2n) is 7.77. The van der Waals surface area contributed by atoms with E-state index in [1.54, 1.807) is 23.4 Å². The third-order valence-electron chi connectivity index (χ3n) is 5.62. The van der Waals surface area contributed by atoms with Crippen molar-refractivity contribution in [2.24, 2.45) is 0 Å². The summed E-state index contributed by atoms with van der Waals surface area (Å²) >= 11 is 0. The molecule has 0 saturated carbocycles. The molecule has 9 heteroatoms. The van der Waals surface area contributed by atoms with Crippen molar-refractivity contribution in [2.75, 3.05) is 26.2 Å². The van der Waals surface area contributed by atoms with E-state index in [1.807, 2.05) is 37.3 Å². The van der Waals surface area contributed by atoms with Crippen LogP contribution >= 0.6 is 0 Å². The first-order valence-corrected chi connectivity index (χ1v) is 11.8. The Morgan fingerprint density at radius 2 is 1.81 bits per heavy atom. The molecule has 0 radical (unpaired) electrons. The molecule has 4 rings (SSSR count). The maximum atomic E-state index is 13.5. The molecular weight excluding hydrogens is 419 g/mol. The molecule has 2 aromatic carbocycles. The Labute approximate surface area is 181 Å². The van der Waals surface area contributed by atoms with E-state index < -0.39 is 10.0 Å². The lowest BCUT2D eigenvalue weighted by Crippen LogP contribution is -2.49. The fourth-order valence-corrected chi connectivity index (χ4v) is 5.22. The summed E-state index contributed by atoms with van der Waals surface area (Å²) in [6.07, 6.45) is 0. The molecule has 31 heavy (non-hydrogen) atoms. The summed E-state index contributed by atoms with van der Waals surface area (Å²) in [5.74, 6) is 0.598. The van der Waals surface area contributed by atoms with Gasteiger partial charge in [0.25, 0.3) is 0 Å². The van der Waals surface area contributed by atoms with Gasteiger partial charge in [-0.3, -0.25) is 4.90 Å². The highest BCUT2D eigenvalue weighted by molar-refractivity contribution is 7.88. The quantitative estimate of drug-likeness (QED) is 0.580. The van der Waals surface area contributed by atoms with Crippen LogP contribution in [0.5, 0.6) is 0 Å². The van der Waals surface area contributed by atoms with Crippen molar-refractivity contribution in [1.29, 1.82) is 0 Å². The zero-order chi connectivity index (χ0) is 22.0. The molecule has 1 aliphatic heterocycles. The van der Waals surface area contributed by atoms with Crippen LogP contribution in [0.15, 0.2) is 53.1 Å². The first-order chi connectivity index (χ1) is 14.8. The molecule has 164 valence electrons. The van der Waals surface area contributed by atoms with Crippen LogP contribution in [0.4, 0.5) is 4.39 Å². The second-order valence-corrected chi connectivity index (χ2v) is 9.74. The molecule has 3 aromatic rings. The monoisotopic (exact) mass is 444 g/mol. The minimum Gasteiger partial charge on any atom is -0.337 e. The summed E-state index contributed by atoms with van der Waals surface area (Å²) in [6.45, 7) is 5.62. The van der Waals surface area contributed by atoms with Crippen molar-refractivity contribution >= 4 is 10.0 Å². The lowest BCUT2D eigenvalue weighted by atomic mass is 10.1. The molecule has 0 aliphatic carbocycles. The number of hydrogen-bond donors (Lipinski definition) is 0. The van der Waals surface area contributed by atoms with Gasteiger partial charge in [0.1, 0.15) is 5.82 Å². The van der Waals surface area contributed by atoms with Crippen LogP contribution in [-0.4, -0.2) is 53.9 Å². The van der Waals surface area contributed by atoms with Gasteiger partial charge < -0.3 is 4.52 Å². The van der Waals surface area contributed by atoms with E-state index in [0.29, 0.717) is 49.0 Å². The molecule has 7 nitrogen and oxygen atoms in total. The Hall–Kier alpha value is -2.62. The number of rotatable bonds is 6. The van der Waals surface area contributed by atoms with Gasteiger partial charge in [0.15, 0.2) is 0 Å². The van der Waals surface area contributed by atoms with Crippen molar-refractivity contribution in [3.63, 3.8) is 0 Å². The lowest BCUT2D eigenvalue weighted by Gasteiger charge is -2.36. The number of aromatic nitrogens is 2. The Bertz CT molecular complexity index is 1140. The van der Waals surface area contributed by atoms with Gasteiger partial charge in [0, 0.05) is 31.7 Å². The maximum absolute atomic E-state index is 13.5. The molecule has 1 unspecified atom stereocenters. The van der Waals surface area contributed by atoms with Crippen LogP contribution in [0.1, 0.15) is 30.0 Å². The van der Waals surface area contributed by atoms with E-state index in [1.165, 1.54) is 6.07 Å². The largest absolute Gasteiger partial charge is 0.337 e. The number of piperazine rings is 1. The Morgan fingerprint density at radius 1 is 1.10 bits per heavy atom. The number of benzene rings is 2. The zero-order valence-electron chi connectivity index (χ0n) is 17.5. The first-order valence-electron chi connectivity index (χ1n) is 10.2. The van der Waals surface area contributed by atoms with Crippen LogP contribution in [0, 0.1) is 12.7 Å². The molecule has 0 N–H and O–H groups in total.